The highest BCUT2D eigenvalue weighted by Gasteiger charge is 2.29. The number of aromatic nitrogens is 1. The Morgan fingerprint density at radius 3 is 2.53 bits per heavy atom. The Labute approximate surface area is 188 Å². The molecule has 0 unspecified atom stereocenters. The largest absolute Gasteiger partial charge is 0.496 e. The van der Waals surface area contributed by atoms with Gasteiger partial charge >= 0.3 is 0 Å². The van der Waals surface area contributed by atoms with Gasteiger partial charge in [-0.15, -0.1) is 0 Å². The molecule has 1 N–H and O–H groups in total. The summed E-state index contributed by atoms with van der Waals surface area (Å²) >= 11 is 0. The number of nitrogens with one attached hydrogen (secondary N) is 1. The molecular formula is C26H28N4O2. The van der Waals surface area contributed by atoms with Crippen molar-refractivity contribution in [3.8, 4) is 11.4 Å². The lowest BCUT2D eigenvalue weighted by atomic mass is 9.88. The Morgan fingerprint density at radius 2 is 1.81 bits per heavy atom. The van der Waals surface area contributed by atoms with E-state index in [1.807, 2.05) is 53.4 Å². The van der Waals surface area contributed by atoms with Crippen LogP contribution >= 0.6 is 0 Å². The summed E-state index contributed by atoms with van der Waals surface area (Å²) in [6.45, 7) is 6.48. The van der Waals surface area contributed by atoms with Gasteiger partial charge in [-0.05, 0) is 56.7 Å². The van der Waals surface area contributed by atoms with Crippen molar-refractivity contribution in [2.45, 2.75) is 26.3 Å². The molecule has 3 aromatic rings. The number of methoxy groups -OCH3 is 1. The third-order valence-electron chi connectivity index (χ3n) is 5.97. The maximum atomic E-state index is 12.8. The van der Waals surface area contributed by atoms with E-state index < -0.39 is 0 Å². The number of hydrogen-bond acceptors (Lipinski definition) is 4. The van der Waals surface area contributed by atoms with Crippen LogP contribution in [0.15, 0.2) is 72.1 Å². The molecule has 32 heavy (non-hydrogen) atoms. The number of benzene rings is 2. The van der Waals surface area contributed by atoms with Crippen LogP contribution in [0.2, 0.25) is 0 Å². The fraction of sp³-hybridized carbons (Fsp3) is 0.231. The molecule has 1 aliphatic rings. The van der Waals surface area contributed by atoms with Gasteiger partial charge in [-0.1, -0.05) is 18.2 Å². The molecule has 0 atom stereocenters. The van der Waals surface area contributed by atoms with E-state index in [9.17, 15) is 4.79 Å². The molecule has 0 saturated carbocycles. The molecule has 0 bridgehead atoms. The summed E-state index contributed by atoms with van der Waals surface area (Å²) < 4.78 is 7.52. The summed E-state index contributed by atoms with van der Waals surface area (Å²) in [5.74, 6) is 0.423. The number of likely N-dealkylation sites (N-methyl/N-ethyl adjacent to an activating group) is 1. The third-order valence-corrected chi connectivity index (χ3v) is 5.97. The standard InChI is InChI=1S/C26H28N4O2/c1-18-16-26(2,3)29(4)23-15-24(32-5)19(14-21(18)23)17-27-28-25(31)20-10-6-7-11-22(20)30-12-8-9-13-30/h6-17H,1-5H3,(H,28,31)/b27-17-. The van der Waals surface area contributed by atoms with Crippen molar-refractivity contribution in [3.05, 3.63) is 83.7 Å². The number of anilines is 1. The quantitative estimate of drug-likeness (QED) is 0.465. The molecule has 2 aromatic carbocycles. The number of carbonyl (C=O) groups excluding carboxylic acids is 1. The molecular weight excluding hydrogens is 400 g/mol. The molecule has 4 rings (SSSR count). The highest BCUT2D eigenvalue weighted by atomic mass is 16.5. The monoisotopic (exact) mass is 428 g/mol. The first kappa shape index (κ1) is 21.4. The molecule has 0 aliphatic carbocycles. The van der Waals surface area contributed by atoms with Gasteiger partial charge in [-0.25, -0.2) is 5.43 Å². The molecule has 6 nitrogen and oxygen atoms in total. The molecule has 1 aromatic heterocycles. The van der Waals surface area contributed by atoms with Crippen molar-refractivity contribution in [1.29, 1.82) is 0 Å². The lowest BCUT2D eigenvalue weighted by Gasteiger charge is -2.40. The van der Waals surface area contributed by atoms with Gasteiger partial charge in [0.15, 0.2) is 0 Å². The van der Waals surface area contributed by atoms with Gasteiger partial charge in [0.25, 0.3) is 5.91 Å². The summed E-state index contributed by atoms with van der Waals surface area (Å²) in [7, 11) is 3.72. The van der Waals surface area contributed by atoms with Crippen molar-refractivity contribution in [2.75, 3.05) is 19.1 Å². The van der Waals surface area contributed by atoms with Crippen LogP contribution in [0.25, 0.3) is 11.3 Å². The van der Waals surface area contributed by atoms with E-state index in [0.29, 0.717) is 11.3 Å². The Hall–Kier alpha value is -3.80. The zero-order valence-electron chi connectivity index (χ0n) is 19.1. The molecule has 0 radical (unpaired) electrons. The van der Waals surface area contributed by atoms with Gasteiger partial charge < -0.3 is 14.2 Å². The molecule has 1 aliphatic heterocycles. The van der Waals surface area contributed by atoms with Gasteiger partial charge in [0, 0.05) is 42.3 Å². The van der Waals surface area contributed by atoms with E-state index in [1.54, 1.807) is 19.4 Å². The average molecular weight is 429 g/mol. The first-order valence-corrected chi connectivity index (χ1v) is 10.5. The van der Waals surface area contributed by atoms with Crippen LogP contribution < -0.4 is 15.1 Å². The Bertz CT molecular complexity index is 1210. The first-order valence-electron chi connectivity index (χ1n) is 10.5. The zero-order chi connectivity index (χ0) is 22.9. The minimum Gasteiger partial charge on any atom is -0.496 e. The second kappa shape index (κ2) is 8.38. The van der Waals surface area contributed by atoms with E-state index in [1.165, 1.54) is 5.57 Å². The summed E-state index contributed by atoms with van der Waals surface area (Å²) in [6, 6.07) is 15.3. The number of carbonyl (C=O) groups is 1. The minimum atomic E-state index is -0.278. The van der Waals surface area contributed by atoms with Crippen LogP contribution in [-0.2, 0) is 0 Å². The number of hydrazone groups is 1. The number of amides is 1. The lowest BCUT2D eigenvalue weighted by Crippen LogP contribution is -2.42. The summed E-state index contributed by atoms with van der Waals surface area (Å²) in [4.78, 5) is 15.1. The van der Waals surface area contributed by atoms with Crippen molar-refractivity contribution >= 4 is 23.4 Å². The predicted molar refractivity (Wildman–Crippen MR) is 130 cm³/mol. The van der Waals surface area contributed by atoms with Gasteiger partial charge in [0.2, 0.25) is 0 Å². The van der Waals surface area contributed by atoms with E-state index in [-0.39, 0.29) is 11.4 Å². The molecule has 0 fully saturated rings. The zero-order valence-corrected chi connectivity index (χ0v) is 19.1. The highest BCUT2D eigenvalue weighted by molar-refractivity contribution is 5.98. The van der Waals surface area contributed by atoms with E-state index >= 15 is 0 Å². The molecule has 164 valence electrons. The fourth-order valence-electron chi connectivity index (χ4n) is 4.08. The van der Waals surface area contributed by atoms with Crippen molar-refractivity contribution in [3.63, 3.8) is 0 Å². The van der Waals surface area contributed by atoms with Crippen LogP contribution in [0.4, 0.5) is 5.69 Å². The highest BCUT2D eigenvalue weighted by Crippen LogP contribution is 2.40. The van der Waals surface area contributed by atoms with Crippen LogP contribution in [0, 0.1) is 0 Å². The number of fused-ring (bicyclic) bond motifs is 1. The Kier molecular flexibility index (Phi) is 5.61. The topological polar surface area (TPSA) is 58.9 Å². The maximum Gasteiger partial charge on any atom is 0.273 e. The van der Waals surface area contributed by atoms with E-state index in [4.69, 9.17) is 4.74 Å². The Morgan fingerprint density at radius 1 is 1.09 bits per heavy atom. The molecule has 1 amide bonds. The molecule has 2 heterocycles. The average Bonchev–Trinajstić information content (AvgIpc) is 3.32. The van der Waals surface area contributed by atoms with E-state index in [0.717, 1.165) is 22.5 Å². The van der Waals surface area contributed by atoms with Gasteiger partial charge in [-0.2, -0.15) is 5.10 Å². The SMILES string of the molecule is COc1cc2c(cc1/C=N\NC(=O)c1ccccc1-n1cccc1)C(C)=CC(C)(C)N2C. The van der Waals surface area contributed by atoms with Crippen molar-refractivity contribution in [2.24, 2.45) is 5.10 Å². The second-order valence-corrected chi connectivity index (χ2v) is 8.46. The van der Waals surface area contributed by atoms with Gasteiger partial charge in [0.05, 0.1) is 30.1 Å². The smallest absolute Gasteiger partial charge is 0.273 e. The summed E-state index contributed by atoms with van der Waals surface area (Å²) in [6.07, 6.45) is 7.69. The van der Waals surface area contributed by atoms with Crippen LogP contribution in [0.1, 0.15) is 42.3 Å². The van der Waals surface area contributed by atoms with Crippen molar-refractivity contribution < 1.29 is 9.53 Å². The molecule has 0 saturated heterocycles. The number of hydrogen-bond donors (Lipinski definition) is 1. The second-order valence-electron chi connectivity index (χ2n) is 8.46. The van der Waals surface area contributed by atoms with Crippen LogP contribution in [0.5, 0.6) is 5.75 Å². The maximum absolute atomic E-state index is 12.8. The normalized spacial score (nSPS) is 14.8. The predicted octanol–water partition coefficient (Wildman–Crippen LogP) is 4.88. The number of nitrogens with zero attached hydrogens (tertiary/aromatic N) is 3. The number of rotatable bonds is 5. The third kappa shape index (κ3) is 3.91. The summed E-state index contributed by atoms with van der Waals surface area (Å²) in [5.41, 5.74) is 8.13. The lowest BCUT2D eigenvalue weighted by molar-refractivity contribution is 0.0955. The van der Waals surface area contributed by atoms with E-state index in [2.05, 4.69) is 55.4 Å². The van der Waals surface area contributed by atoms with Gasteiger partial charge in [0.1, 0.15) is 5.75 Å². The Balaban J connectivity index is 1.60. The first-order chi connectivity index (χ1) is 15.3. The van der Waals surface area contributed by atoms with Crippen LogP contribution in [0.3, 0.4) is 0 Å². The van der Waals surface area contributed by atoms with Gasteiger partial charge in [-0.3, -0.25) is 4.79 Å². The van der Waals surface area contributed by atoms with Crippen molar-refractivity contribution in [1.82, 2.24) is 9.99 Å². The fourth-order valence-corrected chi connectivity index (χ4v) is 4.08. The number of ether oxygens (including phenoxy) is 1. The van der Waals surface area contributed by atoms with Crippen LogP contribution in [-0.4, -0.2) is 36.4 Å². The summed E-state index contributed by atoms with van der Waals surface area (Å²) in [5, 5.41) is 4.22. The number of para-hydroxylation sites is 1. The molecule has 6 heteroatoms. The number of allylic oxidation sites excluding steroid dienone is 1. The minimum absolute atomic E-state index is 0.0845. The molecule has 0 spiro atoms.